The van der Waals surface area contributed by atoms with E-state index in [4.69, 9.17) is 0 Å². The number of fused-ring (bicyclic) bond motifs is 1. The van der Waals surface area contributed by atoms with Crippen LogP contribution in [-0.2, 0) is 16.0 Å². The second-order valence-electron chi connectivity index (χ2n) is 9.32. The van der Waals surface area contributed by atoms with Gasteiger partial charge < -0.3 is 5.32 Å². The number of nitrogens with one attached hydrogen (secondary N) is 1. The third kappa shape index (κ3) is 4.16. The predicted octanol–water partition coefficient (Wildman–Crippen LogP) is 6.89. The van der Waals surface area contributed by atoms with E-state index in [1.54, 1.807) is 11.3 Å². The van der Waals surface area contributed by atoms with Crippen molar-refractivity contribution in [3.8, 4) is 0 Å². The van der Waals surface area contributed by atoms with Crippen molar-refractivity contribution in [2.75, 3.05) is 10.2 Å². The number of amides is 1. The van der Waals surface area contributed by atoms with Gasteiger partial charge in [0.15, 0.2) is 5.78 Å². The van der Waals surface area contributed by atoms with Crippen LogP contribution >= 0.6 is 11.3 Å². The molecule has 0 saturated carbocycles. The Morgan fingerprint density at radius 2 is 1.58 bits per heavy atom. The number of thiophene rings is 1. The lowest BCUT2D eigenvalue weighted by Crippen LogP contribution is -2.39. The fraction of sp³-hybridized carbons (Fsp3) is 0.161. The number of Topliss-reactive ketones (excluding diaryl/α,β-unsaturated/α-hetero) is 1. The average Bonchev–Trinajstić information content (AvgIpc) is 3.39. The van der Waals surface area contributed by atoms with Gasteiger partial charge in [0, 0.05) is 22.6 Å². The Morgan fingerprint density at radius 1 is 0.861 bits per heavy atom. The number of carbonyl (C=O) groups excluding carboxylic acids is 2. The first-order valence-corrected chi connectivity index (χ1v) is 13.1. The summed E-state index contributed by atoms with van der Waals surface area (Å²) in [5.41, 5.74) is 5.40. The molecule has 4 aromatic rings. The lowest BCUT2D eigenvalue weighted by molar-refractivity contribution is -0.118. The molecule has 1 amide bonds. The highest BCUT2D eigenvalue weighted by Crippen LogP contribution is 2.48. The number of rotatable bonds is 4. The molecule has 2 heterocycles. The van der Waals surface area contributed by atoms with Gasteiger partial charge in [-0.25, -0.2) is 0 Å². The van der Waals surface area contributed by atoms with E-state index in [0.29, 0.717) is 12.0 Å². The first-order valence-electron chi connectivity index (χ1n) is 12.3. The van der Waals surface area contributed by atoms with Crippen molar-refractivity contribution in [2.24, 2.45) is 0 Å². The Hall–Kier alpha value is -3.96. The molecule has 1 N–H and O–H groups in total. The predicted molar refractivity (Wildman–Crippen MR) is 145 cm³/mol. The summed E-state index contributed by atoms with van der Waals surface area (Å²) in [7, 11) is 0. The smallest absolute Gasteiger partial charge is 0.232 e. The second-order valence-corrected chi connectivity index (χ2v) is 10.3. The van der Waals surface area contributed by atoms with Gasteiger partial charge in [0.25, 0.3) is 0 Å². The Kier molecular flexibility index (Phi) is 5.99. The van der Waals surface area contributed by atoms with Crippen LogP contribution in [0.5, 0.6) is 0 Å². The van der Waals surface area contributed by atoms with Crippen LogP contribution < -0.4 is 10.2 Å². The molecular formula is C31H26N2O2S. The van der Waals surface area contributed by atoms with E-state index in [2.05, 4.69) is 17.4 Å². The third-order valence-electron chi connectivity index (χ3n) is 7.04. The van der Waals surface area contributed by atoms with Gasteiger partial charge in [0.1, 0.15) is 6.04 Å². The maximum atomic E-state index is 14.0. The quantitative estimate of drug-likeness (QED) is 0.339. The lowest BCUT2D eigenvalue weighted by atomic mass is 9.79. The van der Waals surface area contributed by atoms with Gasteiger partial charge in [-0.3, -0.25) is 14.5 Å². The first-order chi connectivity index (χ1) is 17.7. The van der Waals surface area contributed by atoms with Crippen LogP contribution in [0.15, 0.2) is 114 Å². The summed E-state index contributed by atoms with van der Waals surface area (Å²) in [6.45, 7) is 0. The topological polar surface area (TPSA) is 49.4 Å². The van der Waals surface area contributed by atoms with Gasteiger partial charge in [0.05, 0.1) is 17.8 Å². The normalized spacial score (nSPS) is 19.2. The molecule has 2 atom stereocenters. The number of anilines is 2. The number of ketones is 1. The molecule has 36 heavy (non-hydrogen) atoms. The van der Waals surface area contributed by atoms with Crippen molar-refractivity contribution < 1.29 is 9.59 Å². The van der Waals surface area contributed by atoms with E-state index in [1.807, 2.05) is 95.2 Å². The molecule has 1 aliphatic heterocycles. The molecule has 6 rings (SSSR count). The maximum Gasteiger partial charge on any atom is 0.232 e. The van der Waals surface area contributed by atoms with Gasteiger partial charge in [-0.2, -0.15) is 0 Å². The second kappa shape index (κ2) is 9.59. The summed E-state index contributed by atoms with van der Waals surface area (Å²) in [4.78, 5) is 30.8. The van der Waals surface area contributed by atoms with Crippen LogP contribution in [0.4, 0.5) is 11.4 Å². The molecule has 2 aliphatic rings. The number of hydrogen-bond acceptors (Lipinski definition) is 4. The zero-order chi connectivity index (χ0) is 24.5. The van der Waals surface area contributed by atoms with Gasteiger partial charge >= 0.3 is 0 Å². The molecule has 4 nitrogen and oxygen atoms in total. The summed E-state index contributed by atoms with van der Waals surface area (Å²) >= 11 is 1.59. The molecule has 0 bridgehead atoms. The van der Waals surface area contributed by atoms with Crippen LogP contribution in [-0.4, -0.2) is 11.7 Å². The molecule has 3 aromatic carbocycles. The number of carbonyl (C=O) groups is 2. The molecule has 0 unspecified atom stereocenters. The van der Waals surface area contributed by atoms with Crippen LogP contribution in [0.2, 0.25) is 0 Å². The molecule has 1 aliphatic carbocycles. The Balaban J connectivity index is 1.50. The van der Waals surface area contributed by atoms with Gasteiger partial charge in [-0.1, -0.05) is 78.9 Å². The van der Waals surface area contributed by atoms with E-state index in [1.165, 1.54) is 5.56 Å². The Labute approximate surface area is 214 Å². The highest BCUT2D eigenvalue weighted by atomic mass is 32.1. The Morgan fingerprint density at radius 3 is 2.33 bits per heavy atom. The van der Waals surface area contributed by atoms with Gasteiger partial charge in [-0.15, -0.1) is 11.3 Å². The fourth-order valence-corrected chi connectivity index (χ4v) is 6.22. The van der Waals surface area contributed by atoms with Crippen molar-refractivity contribution >= 4 is 34.4 Å². The molecule has 178 valence electrons. The van der Waals surface area contributed by atoms with Crippen molar-refractivity contribution in [1.29, 1.82) is 0 Å². The molecule has 5 heteroatoms. The maximum absolute atomic E-state index is 14.0. The zero-order valence-corrected chi connectivity index (χ0v) is 20.6. The van der Waals surface area contributed by atoms with Gasteiger partial charge in [0.2, 0.25) is 5.91 Å². The van der Waals surface area contributed by atoms with E-state index < -0.39 is 6.04 Å². The summed E-state index contributed by atoms with van der Waals surface area (Å²) in [5, 5.41) is 5.62. The van der Waals surface area contributed by atoms with E-state index in [0.717, 1.165) is 33.9 Å². The van der Waals surface area contributed by atoms with Crippen LogP contribution in [0, 0.1) is 0 Å². The molecule has 1 aromatic heterocycles. The number of hydrogen-bond donors (Lipinski definition) is 1. The largest absolute Gasteiger partial charge is 0.357 e. The zero-order valence-electron chi connectivity index (χ0n) is 19.8. The standard InChI is InChI=1S/C31H26N2O2S/c34-27-20-23(22-12-5-2-6-13-22)19-25-30(27)31(28-16-9-17-36-28)33(26-15-8-7-14-24(26)32-25)29(35)18-21-10-3-1-4-11-21/h1-17,23,31-32H,18-20H2/t23-,31+/m0/s1. The number of allylic oxidation sites excluding steroid dienone is 1. The van der Waals surface area contributed by atoms with Crippen LogP contribution in [0.1, 0.15) is 40.8 Å². The van der Waals surface area contributed by atoms with E-state index >= 15 is 0 Å². The van der Waals surface area contributed by atoms with Crippen LogP contribution in [0.3, 0.4) is 0 Å². The molecule has 0 spiro atoms. The summed E-state index contributed by atoms with van der Waals surface area (Å²) < 4.78 is 0. The lowest BCUT2D eigenvalue weighted by Gasteiger charge is -2.34. The van der Waals surface area contributed by atoms with Crippen molar-refractivity contribution in [1.82, 2.24) is 0 Å². The number of para-hydroxylation sites is 2. The van der Waals surface area contributed by atoms with Crippen LogP contribution in [0.25, 0.3) is 0 Å². The minimum Gasteiger partial charge on any atom is -0.357 e. The summed E-state index contributed by atoms with van der Waals surface area (Å²) in [6, 6.07) is 31.5. The number of benzene rings is 3. The Bertz CT molecular complexity index is 1430. The van der Waals surface area contributed by atoms with Gasteiger partial charge in [-0.05, 0) is 47.0 Å². The first kappa shape index (κ1) is 22.5. The van der Waals surface area contributed by atoms with Crippen molar-refractivity contribution in [3.63, 3.8) is 0 Å². The summed E-state index contributed by atoms with van der Waals surface area (Å²) in [5.74, 6) is 0.176. The average molecular weight is 491 g/mol. The van der Waals surface area contributed by atoms with E-state index in [-0.39, 0.29) is 24.0 Å². The SMILES string of the molecule is O=C1C[C@@H](c2ccccc2)CC2=C1[C@@H](c1cccs1)N(C(=O)Cc1ccccc1)c1ccccc1N2. The minimum atomic E-state index is -0.461. The molecular weight excluding hydrogens is 464 g/mol. The summed E-state index contributed by atoms with van der Waals surface area (Å²) in [6.07, 6.45) is 1.42. The highest BCUT2D eigenvalue weighted by molar-refractivity contribution is 7.10. The minimum absolute atomic E-state index is 0.0272. The molecule has 0 saturated heterocycles. The third-order valence-corrected chi connectivity index (χ3v) is 7.96. The molecule has 0 radical (unpaired) electrons. The molecule has 0 fully saturated rings. The number of nitrogens with zero attached hydrogens (tertiary/aromatic N) is 1. The van der Waals surface area contributed by atoms with Crippen molar-refractivity contribution in [3.05, 3.63) is 130 Å². The highest BCUT2D eigenvalue weighted by Gasteiger charge is 2.41. The monoisotopic (exact) mass is 490 g/mol. The fourth-order valence-electron chi connectivity index (χ4n) is 5.40. The van der Waals surface area contributed by atoms with E-state index in [9.17, 15) is 9.59 Å². The van der Waals surface area contributed by atoms with Crippen molar-refractivity contribution in [2.45, 2.75) is 31.2 Å².